The van der Waals surface area contributed by atoms with E-state index >= 15 is 0 Å². The van der Waals surface area contributed by atoms with E-state index in [0.717, 1.165) is 30.0 Å². The van der Waals surface area contributed by atoms with Gasteiger partial charge in [0.1, 0.15) is 21.3 Å². The van der Waals surface area contributed by atoms with Gasteiger partial charge in [0.25, 0.3) is 11.5 Å². The number of aryl methyl sites for hydroxylation is 2. The molecule has 0 saturated heterocycles. The summed E-state index contributed by atoms with van der Waals surface area (Å²) < 4.78 is 12.0. The van der Waals surface area contributed by atoms with Crippen LogP contribution >= 0.6 is 11.3 Å². The van der Waals surface area contributed by atoms with Crippen molar-refractivity contribution in [2.24, 2.45) is 0 Å². The number of carbonyl (C=O) groups is 2. The van der Waals surface area contributed by atoms with Crippen LogP contribution in [-0.2, 0) is 22.5 Å². The van der Waals surface area contributed by atoms with Crippen molar-refractivity contribution >= 4 is 33.4 Å². The summed E-state index contributed by atoms with van der Waals surface area (Å²) in [5.74, 6) is 0.295. The first-order valence-electron chi connectivity index (χ1n) is 8.98. The van der Waals surface area contributed by atoms with Crippen molar-refractivity contribution in [2.75, 3.05) is 6.61 Å². The highest BCUT2D eigenvalue weighted by Crippen LogP contribution is 2.29. The number of fused-ring (bicyclic) bond motifs is 2. The Kier molecular flexibility index (Phi) is 4.76. The van der Waals surface area contributed by atoms with Crippen LogP contribution in [0.3, 0.4) is 0 Å². The maximum atomic E-state index is 12.7. The Hall–Kier alpha value is -2.94. The Morgan fingerprint density at radius 3 is 3.04 bits per heavy atom. The smallest absolute Gasteiger partial charge is 0.349 e. The molecular formula is C19H19N3O5S. The molecule has 0 radical (unpaired) electrons. The Balaban J connectivity index is 1.47. The number of carbonyl (C=O) groups excluding carboxylic acids is 2. The number of nitrogens with zero attached hydrogens (tertiary/aromatic N) is 2. The molecule has 3 aromatic rings. The number of thiophene rings is 1. The Morgan fingerprint density at radius 2 is 2.29 bits per heavy atom. The highest BCUT2D eigenvalue weighted by atomic mass is 32.1. The normalized spacial score (nSPS) is 14.1. The van der Waals surface area contributed by atoms with Crippen molar-refractivity contribution < 1.29 is 18.7 Å². The minimum Gasteiger partial charge on any atom is -0.467 e. The minimum atomic E-state index is -0.633. The van der Waals surface area contributed by atoms with Gasteiger partial charge in [0.15, 0.2) is 6.61 Å². The lowest BCUT2D eigenvalue weighted by atomic mass is 10.2. The summed E-state index contributed by atoms with van der Waals surface area (Å²) in [6.07, 6.45) is 3.18. The quantitative estimate of drug-likeness (QED) is 0.658. The molecule has 4 rings (SSSR count). The highest BCUT2D eigenvalue weighted by Gasteiger charge is 2.24. The van der Waals surface area contributed by atoms with Gasteiger partial charge in [0.2, 0.25) is 0 Å². The van der Waals surface area contributed by atoms with E-state index in [-0.39, 0.29) is 11.6 Å². The van der Waals surface area contributed by atoms with Gasteiger partial charge < -0.3 is 14.5 Å². The Labute approximate surface area is 164 Å². The van der Waals surface area contributed by atoms with Crippen LogP contribution in [0.15, 0.2) is 27.6 Å². The van der Waals surface area contributed by atoms with E-state index in [1.54, 1.807) is 30.5 Å². The zero-order valence-corrected chi connectivity index (χ0v) is 16.3. The molecule has 0 aromatic carbocycles. The number of esters is 1. The molecule has 1 aliphatic rings. The van der Waals surface area contributed by atoms with Crippen molar-refractivity contribution in [2.45, 2.75) is 39.3 Å². The van der Waals surface area contributed by atoms with Crippen molar-refractivity contribution in [3.8, 4) is 0 Å². The van der Waals surface area contributed by atoms with Crippen LogP contribution in [0.5, 0.6) is 0 Å². The standard InChI is InChI=1S/C19H19N3O5S/c1-10-15-17(21-13-6-3-7-22(13)18(15)24)28-16(10)19(25)27-9-14(23)20-11(2)12-5-4-8-26-12/h4-5,8,11H,3,6-7,9H2,1-2H3,(H,20,23)/t11-/m0/s1. The topological polar surface area (TPSA) is 103 Å². The molecule has 0 bridgehead atoms. The van der Waals surface area contributed by atoms with Crippen LogP contribution in [-0.4, -0.2) is 28.0 Å². The van der Waals surface area contributed by atoms with Gasteiger partial charge in [-0.15, -0.1) is 11.3 Å². The first kappa shape index (κ1) is 18.4. The zero-order chi connectivity index (χ0) is 19.8. The molecule has 3 aromatic heterocycles. The summed E-state index contributed by atoms with van der Waals surface area (Å²) in [5.41, 5.74) is 0.435. The second-order valence-corrected chi connectivity index (χ2v) is 7.70. The average molecular weight is 401 g/mol. The number of aromatic nitrogens is 2. The van der Waals surface area contributed by atoms with E-state index < -0.39 is 18.5 Å². The summed E-state index contributed by atoms with van der Waals surface area (Å²) in [6, 6.07) is 3.15. The molecule has 0 unspecified atom stereocenters. The number of ether oxygens (including phenoxy) is 1. The molecule has 0 spiro atoms. The molecule has 0 fully saturated rings. The first-order chi connectivity index (χ1) is 13.5. The zero-order valence-electron chi connectivity index (χ0n) is 15.5. The van der Waals surface area contributed by atoms with Crippen molar-refractivity contribution in [1.82, 2.24) is 14.9 Å². The lowest BCUT2D eigenvalue weighted by Crippen LogP contribution is -2.30. The van der Waals surface area contributed by atoms with Gasteiger partial charge in [-0.3, -0.25) is 14.2 Å². The molecule has 1 N–H and O–H groups in total. The molecule has 8 nitrogen and oxygen atoms in total. The van der Waals surface area contributed by atoms with Crippen LogP contribution in [0.25, 0.3) is 10.2 Å². The molecule has 1 aliphatic heterocycles. The van der Waals surface area contributed by atoms with Crippen LogP contribution in [0.4, 0.5) is 0 Å². The second kappa shape index (κ2) is 7.23. The van der Waals surface area contributed by atoms with Crippen molar-refractivity contribution in [3.63, 3.8) is 0 Å². The van der Waals surface area contributed by atoms with Crippen molar-refractivity contribution in [3.05, 3.63) is 50.8 Å². The fraction of sp³-hybridized carbons (Fsp3) is 0.368. The van der Waals surface area contributed by atoms with E-state index in [0.29, 0.717) is 33.0 Å². The fourth-order valence-corrected chi connectivity index (χ4v) is 4.44. The van der Waals surface area contributed by atoms with Gasteiger partial charge in [0, 0.05) is 13.0 Å². The molecule has 0 aliphatic carbocycles. The predicted octanol–water partition coefficient (Wildman–Crippen LogP) is 2.34. The van der Waals surface area contributed by atoms with Gasteiger partial charge in [-0.1, -0.05) is 0 Å². The largest absolute Gasteiger partial charge is 0.467 e. The predicted molar refractivity (Wildman–Crippen MR) is 102 cm³/mol. The number of nitrogens with one attached hydrogen (secondary N) is 1. The Bertz CT molecular complexity index is 1110. The molecule has 1 atom stereocenters. The number of hydrogen-bond acceptors (Lipinski definition) is 7. The molecular weight excluding hydrogens is 382 g/mol. The van der Waals surface area contributed by atoms with Gasteiger partial charge in [-0.2, -0.15) is 0 Å². The number of furan rings is 1. The Morgan fingerprint density at radius 1 is 1.46 bits per heavy atom. The monoisotopic (exact) mass is 401 g/mol. The maximum absolute atomic E-state index is 12.7. The summed E-state index contributed by atoms with van der Waals surface area (Å²) >= 11 is 1.13. The minimum absolute atomic E-state index is 0.115. The molecule has 9 heteroatoms. The lowest BCUT2D eigenvalue weighted by molar-refractivity contribution is -0.125. The summed E-state index contributed by atoms with van der Waals surface area (Å²) in [5, 5.41) is 3.15. The second-order valence-electron chi connectivity index (χ2n) is 6.71. The van der Waals surface area contributed by atoms with E-state index in [4.69, 9.17) is 9.15 Å². The number of rotatable bonds is 5. The molecule has 4 heterocycles. The van der Waals surface area contributed by atoms with Gasteiger partial charge in [-0.05, 0) is 38.0 Å². The van der Waals surface area contributed by atoms with E-state index in [9.17, 15) is 14.4 Å². The first-order valence-corrected chi connectivity index (χ1v) is 9.80. The van der Waals surface area contributed by atoms with Gasteiger partial charge >= 0.3 is 5.97 Å². The van der Waals surface area contributed by atoms with Crippen LogP contribution in [0.1, 0.15) is 46.2 Å². The van der Waals surface area contributed by atoms with Gasteiger partial charge in [0.05, 0.1) is 17.7 Å². The van der Waals surface area contributed by atoms with Crippen LogP contribution in [0, 0.1) is 6.92 Å². The van der Waals surface area contributed by atoms with E-state index in [2.05, 4.69) is 10.3 Å². The van der Waals surface area contributed by atoms with Gasteiger partial charge in [-0.25, -0.2) is 9.78 Å². The van der Waals surface area contributed by atoms with E-state index in [1.165, 1.54) is 6.26 Å². The average Bonchev–Trinajstić information content (AvgIpc) is 3.40. The number of amides is 1. The van der Waals surface area contributed by atoms with Crippen LogP contribution in [0.2, 0.25) is 0 Å². The highest BCUT2D eigenvalue weighted by molar-refractivity contribution is 7.20. The molecule has 28 heavy (non-hydrogen) atoms. The third-order valence-corrected chi connectivity index (χ3v) is 5.94. The fourth-order valence-electron chi connectivity index (χ4n) is 3.36. The summed E-state index contributed by atoms with van der Waals surface area (Å²) in [6.45, 7) is 3.72. The third kappa shape index (κ3) is 3.22. The third-order valence-electron chi connectivity index (χ3n) is 4.78. The van der Waals surface area contributed by atoms with Crippen molar-refractivity contribution in [1.29, 1.82) is 0 Å². The SMILES string of the molecule is Cc1c(C(=O)OCC(=O)N[C@@H](C)c2ccco2)sc2nc3n(c(=O)c12)CCC3. The molecule has 0 saturated carbocycles. The lowest BCUT2D eigenvalue weighted by Gasteiger charge is -2.11. The summed E-state index contributed by atoms with van der Waals surface area (Å²) in [4.78, 5) is 42.6. The number of hydrogen-bond donors (Lipinski definition) is 1. The molecule has 1 amide bonds. The van der Waals surface area contributed by atoms with Crippen LogP contribution < -0.4 is 10.9 Å². The van der Waals surface area contributed by atoms with E-state index in [1.807, 2.05) is 0 Å². The summed E-state index contributed by atoms with van der Waals surface area (Å²) in [7, 11) is 0. The molecule has 146 valence electrons. The maximum Gasteiger partial charge on any atom is 0.349 e.